The number of rotatable bonds is 5. The number of benzene rings is 1. The van der Waals surface area contributed by atoms with E-state index in [4.69, 9.17) is 10.9 Å². The Morgan fingerprint density at radius 3 is 2.82 bits per heavy atom. The van der Waals surface area contributed by atoms with Crippen molar-refractivity contribution in [2.45, 2.75) is 12.8 Å². The van der Waals surface area contributed by atoms with E-state index in [0.29, 0.717) is 5.56 Å². The summed E-state index contributed by atoms with van der Waals surface area (Å²) >= 11 is 0. The largest absolute Gasteiger partial charge is 0.409 e. The fourth-order valence-corrected chi connectivity index (χ4v) is 1.26. The molecule has 0 aliphatic heterocycles. The number of amides is 1. The van der Waals surface area contributed by atoms with Gasteiger partial charge in [0.2, 0.25) is 5.91 Å². The molecule has 0 aromatic heterocycles. The zero-order chi connectivity index (χ0) is 12.7. The number of nitrogens with two attached hydrogens (primary N) is 1. The van der Waals surface area contributed by atoms with Crippen LogP contribution < -0.4 is 11.1 Å². The fraction of sp³-hybridized carbons (Fsp3) is 0.273. The summed E-state index contributed by atoms with van der Waals surface area (Å²) in [6.07, 6.45) is 0.225. The quantitative estimate of drug-likeness (QED) is 0.304. The summed E-state index contributed by atoms with van der Waals surface area (Å²) in [6, 6.07) is 6.09. The summed E-state index contributed by atoms with van der Waals surface area (Å²) in [5.74, 6) is -0.670. The maximum atomic E-state index is 13.2. The van der Waals surface area contributed by atoms with Gasteiger partial charge in [-0.1, -0.05) is 23.4 Å². The molecule has 0 spiro atoms. The molecule has 0 aliphatic carbocycles. The van der Waals surface area contributed by atoms with Crippen LogP contribution in [0.15, 0.2) is 29.4 Å². The van der Waals surface area contributed by atoms with E-state index in [1.807, 2.05) is 0 Å². The van der Waals surface area contributed by atoms with Crippen LogP contribution in [0.3, 0.4) is 0 Å². The Hall–Kier alpha value is -2.11. The molecule has 1 amide bonds. The Balaban J connectivity index is 2.38. The Labute approximate surface area is 98.1 Å². The van der Waals surface area contributed by atoms with Crippen LogP contribution in [-0.4, -0.2) is 23.5 Å². The van der Waals surface area contributed by atoms with Crippen molar-refractivity contribution >= 4 is 11.7 Å². The van der Waals surface area contributed by atoms with E-state index in [-0.39, 0.29) is 31.1 Å². The lowest BCUT2D eigenvalue weighted by molar-refractivity contribution is -0.120. The molecule has 1 rings (SSSR count). The first kappa shape index (κ1) is 13.0. The number of carbonyl (C=O) groups is 1. The topological polar surface area (TPSA) is 87.7 Å². The third kappa shape index (κ3) is 4.50. The van der Waals surface area contributed by atoms with Gasteiger partial charge in [-0.25, -0.2) is 4.39 Å². The van der Waals surface area contributed by atoms with Gasteiger partial charge in [0, 0.05) is 13.0 Å². The van der Waals surface area contributed by atoms with Crippen LogP contribution in [0.2, 0.25) is 0 Å². The Morgan fingerprint density at radius 2 is 2.18 bits per heavy atom. The van der Waals surface area contributed by atoms with E-state index in [0.717, 1.165) is 0 Å². The maximum Gasteiger partial charge on any atom is 0.224 e. The molecule has 4 N–H and O–H groups in total. The molecular formula is C11H14FN3O2. The second-order valence-corrected chi connectivity index (χ2v) is 3.46. The number of carbonyl (C=O) groups excluding carboxylic acids is 1. The van der Waals surface area contributed by atoms with Crippen LogP contribution in [0.4, 0.5) is 4.39 Å². The molecular weight excluding hydrogens is 225 g/mol. The van der Waals surface area contributed by atoms with Gasteiger partial charge in [-0.2, -0.15) is 0 Å². The number of nitrogens with one attached hydrogen (secondary N) is 1. The molecule has 0 radical (unpaired) electrons. The van der Waals surface area contributed by atoms with Crippen molar-refractivity contribution in [2.24, 2.45) is 10.9 Å². The number of amidine groups is 1. The first-order valence-corrected chi connectivity index (χ1v) is 5.10. The van der Waals surface area contributed by atoms with Gasteiger partial charge in [-0.3, -0.25) is 4.79 Å². The molecule has 0 bridgehead atoms. The van der Waals surface area contributed by atoms with Crippen molar-refractivity contribution < 1.29 is 14.4 Å². The van der Waals surface area contributed by atoms with Gasteiger partial charge in [0.25, 0.3) is 0 Å². The second-order valence-electron chi connectivity index (χ2n) is 3.46. The molecule has 0 fully saturated rings. The molecule has 0 unspecified atom stereocenters. The fourth-order valence-electron chi connectivity index (χ4n) is 1.26. The lowest BCUT2D eigenvalue weighted by Crippen LogP contribution is -2.29. The summed E-state index contributed by atoms with van der Waals surface area (Å²) in [5.41, 5.74) is 5.57. The zero-order valence-corrected chi connectivity index (χ0v) is 9.19. The number of halogens is 1. The van der Waals surface area contributed by atoms with Gasteiger partial charge in [-0.05, 0) is 11.6 Å². The van der Waals surface area contributed by atoms with Gasteiger partial charge in [0.05, 0.1) is 6.42 Å². The van der Waals surface area contributed by atoms with Crippen LogP contribution in [0, 0.1) is 5.82 Å². The van der Waals surface area contributed by atoms with Crippen LogP contribution in [0.25, 0.3) is 0 Å². The van der Waals surface area contributed by atoms with Crippen LogP contribution >= 0.6 is 0 Å². The SMILES string of the molecule is NC(CCNC(=O)Cc1ccccc1F)=NO. The lowest BCUT2D eigenvalue weighted by Gasteiger charge is -2.05. The standard InChI is InChI=1S/C11H14FN3O2/c12-9-4-2-1-3-8(9)7-11(16)14-6-5-10(13)15-17/h1-4,17H,5-7H2,(H2,13,15)(H,14,16). The van der Waals surface area contributed by atoms with E-state index >= 15 is 0 Å². The second kappa shape index (κ2) is 6.47. The molecule has 6 heteroatoms. The van der Waals surface area contributed by atoms with Crippen LogP contribution in [0.5, 0.6) is 0 Å². The normalized spacial score (nSPS) is 11.2. The van der Waals surface area contributed by atoms with E-state index in [9.17, 15) is 9.18 Å². The number of nitrogens with zero attached hydrogens (tertiary/aromatic N) is 1. The smallest absolute Gasteiger partial charge is 0.224 e. The molecule has 0 atom stereocenters. The van der Waals surface area contributed by atoms with E-state index in [1.165, 1.54) is 6.07 Å². The van der Waals surface area contributed by atoms with Crippen molar-refractivity contribution in [3.63, 3.8) is 0 Å². The zero-order valence-electron chi connectivity index (χ0n) is 9.19. The Morgan fingerprint density at radius 1 is 1.47 bits per heavy atom. The van der Waals surface area contributed by atoms with Crippen LogP contribution in [0.1, 0.15) is 12.0 Å². The van der Waals surface area contributed by atoms with E-state index < -0.39 is 5.82 Å². The van der Waals surface area contributed by atoms with Crippen molar-refractivity contribution in [2.75, 3.05) is 6.54 Å². The first-order chi connectivity index (χ1) is 8.13. The highest BCUT2D eigenvalue weighted by Crippen LogP contribution is 2.06. The first-order valence-electron chi connectivity index (χ1n) is 5.10. The number of hydrogen-bond donors (Lipinski definition) is 3. The predicted octanol–water partition coefficient (Wildman–Crippen LogP) is 0.621. The summed E-state index contributed by atoms with van der Waals surface area (Å²) < 4.78 is 13.2. The van der Waals surface area contributed by atoms with Crippen molar-refractivity contribution in [3.05, 3.63) is 35.6 Å². The summed E-state index contributed by atoms with van der Waals surface area (Å²) in [6.45, 7) is 0.253. The lowest BCUT2D eigenvalue weighted by atomic mass is 10.1. The highest BCUT2D eigenvalue weighted by Gasteiger charge is 2.06. The van der Waals surface area contributed by atoms with Crippen molar-refractivity contribution in [3.8, 4) is 0 Å². The summed E-state index contributed by atoms with van der Waals surface area (Å²) in [5, 5.41) is 13.6. The number of hydrogen-bond acceptors (Lipinski definition) is 3. The molecule has 92 valence electrons. The number of oxime groups is 1. The average Bonchev–Trinajstić information content (AvgIpc) is 2.32. The van der Waals surface area contributed by atoms with Gasteiger partial charge in [0.15, 0.2) is 0 Å². The highest BCUT2D eigenvalue weighted by molar-refractivity contribution is 5.82. The molecule has 1 aromatic carbocycles. The van der Waals surface area contributed by atoms with Crippen LogP contribution in [-0.2, 0) is 11.2 Å². The Bertz CT molecular complexity index is 421. The van der Waals surface area contributed by atoms with Crippen molar-refractivity contribution in [1.82, 2.24) is 5.32 Å². The van der Waals surface area contributed by atoms with Gasteiger partial charge in [-0.15, -0.1) is 0 Å². The molecule has 5 nitrogen and oxygen atoms in total. The monoisotopic (exact) mass is 239 g/mol. The highest BCUT2D eigenvalue weighted by atomic mass is 19.1. The molecule has 0 heterocycles. The minimum atomic E-state index is -0.404. The van der Waals surface area contributed by atoms with E-state index in [2.05, 4.69) is 10.5 Å². The third-order valence-corrected chi connectivity index (χ3v) is 2.14. The van der Waals surface area contributed by atoms with Gasteiger partial charge >= 0.3 is 0 Å². The van der Waals surface area contributed by atoms with E-state index in [1.54, 1.807) is 18.2 Å². The van der Waals surface area contributed by atoms with Gasteiger partial charge in [0.1, 0.15) is 11.7 Å². The minimum absolute atomic E-state index is 0.0250. The van der Waals surface area contributed by atoms with Gasteiger partial charge < -0.3 is 16.3 Å². The summed E-state index contributed by atoms with van der Waals surface area (Å²) in [4.78, 5) is 11.4. The predicted molar refractivity (Wildman–Crippen MR) is 61.1 cm³/mol. The molecule has 0 saturated carbocycles. The third-order valence-electron chi connectivity index (χ3n) is 2.14. The molecule has 17 heavy (non-hydrogen) atoms. The average molecular weight is 239 g/mol. The minimum Gasteiger partial charge on any atom is -0.409 e. The summed E-state index contributed by atoms with van der Waals surface area (Å²) in [7, 11) is 0. The maximum absolute atomic E-state index is 13.2. The molecule has 0 aliphatic rings. The molecule has 0 saturated heterocycles. The molecule has 1 aromatic rings. The van der Waals surface area contributed by atoms with Crippen molar-refractivity contribution in [1.29, 1.82) is 0 Å². The Kier molecular flexibility index (Phi) is 4.93.